The Kier molecular flexibility index (Phi) is 2.27. The van der Waals surface area contributed by atoms with Crippen LogP contribution in [0.15, 0.2) is 30.3 Å². The van der Waals surface area contributed by atoms with E-state index >= 15 is 0 Å². The molecule has 3 heteroatoms. The Morgan fingerprint density at radius 3 is 2.57 bits per heavy atom. The molecule has 0 aliphatic carbocycles. The Morgan fingerprint density at radius 2 is 1.86 bits per heavy atom. The molecule has 1 aliphatic heterocycles. The van der Waals surface area contributed by atoms with Crippen LogP contribution >= 0.6 is 0 Å². The van der Waals surface area contributed by atoms with E-state index in [0.717, 1.165) is 11.3 Å². The topological polar surface area (TPSA) is 30.5 Å². The third-order valence-corrected chi connectivity index (χ3v) is 2.36. The minimum absolute atomic E-state index is 0.825. The maximum absolute atomic E-state index is 5.26. The smallest absolute Gasteiger partial charge is 0.270 e. The van der Waals surface area contributed by atoms with E-state index in [1.165, 1.54) is 0 Å². The van der Waals surface area contributed by atoms with Gasteiger partial charge in [0.1, 0.15) is 0 Å². The zero-order valence-corrected chi connectivity index (χ0v) is 8.28. The van der Waals surface area contributed by atoms with Crippen LogP contribution in [-0.4, -0.2) is 20.1 Å². The van der Waals surface area contributed by atoms with Gasteiger partial charge in [0, 0.05) is 19.9 Å². The summed E-state index contributed by atoms with van der Waals surface area (Å²) >= 11 is 0. The number of para-hydroxylation sites is 1. The molecule has 1 aromatic rings. The molecule has 0 saturated carbocycles. The van der Waals surface area contributed by atoms with E-state index in [1.54, 1.807) is 14.2 Å². The van der Waals surface area contributed by atoms with Crippen LogP contribution in [0.3, 0.4) is 0 Å². The van der Waals surface area contributed by atoms with Gasteiger partial charge in [-0.05, 0) is 23.8 Å². The Bertz CT molecular complexity index is 356. The molecule has 3 nitrogen and oxygen atoms in total. The monoisotopic (exact) mass is 191 g/mol. The van der Waals surface area contributed by atoms with Crippen LogP contribution in [0, 0.1) is 0 Å². The lowest BCUT2D eigenvalue weighted by Crippen LogP contribution is -2.41. The third kappa shape index (κ3) is 1.41. The van der Waals surface area contributed by atoms with Crippen LogP contribution in [0.1, 0.15) is 5.56 Å². The number of benzene rings is 1. The molecule has 74 valence electrons. The maximum atomic E-state index is 5.26. The molecule has 0 fully saturated rings. The van der Waals surface area contributed by atoms with Crippen molar-refractivity contribution < 1.29 is 9.47 Å². The zero-order valence-electron chi connectivity index (χ0n) is 8.28. The number of rotatable bonds is 2. The SMILES string of the molecule is COC1(OC)C=Cc2ccccc2N1. The summed E-state index contributed by atoms with van der Waals surface area (Å²) in [6.07, 6.45) is 3.84. The number of hydrogen-bond donors (Lipinski definition) is 1. The molecular weight excluding hydrogens is 178 g/mol. The first-order valence-corrected chi connectivity index (χ1v) is 4.46. The largest absolute Gasteiger partial charge is 0.333 e. The molecule has 0 bridgehead atoms. The molecular formula is C11H13NO2. The van der Waals surface area contributed by atoms with E-state index in [4.69, 9.17) is 9.47 Å². The van der Waals surface area contributed by atoms with Crippen molar-refractivity contribution in [3.05, 3.63) is 35.9 Å². The fraction of sp³-hybridized carbons (Fsp3) is 0.273. The zero-order chi connectivity index (χ0) is 10.0. The second-order valence-corrected chi connectivity index (χ2v) is 3.12. The van der Waals surface area contributed by atoms with Crippen molar-refractivity contribution in [1.29, 1.82) is 0 Å². The predicted octanol–water partition coefficient (Wildman–Crippen LogP) is 2.07. The molecule has 1 N–H and O–H groups in total. The van der Waals surface area contributed by atoms with Gasteiger partial charge in [-0.15, -0.1) is 0 Å². The molecule has 0 radical (unpaired) electrons. The second kappa shape index (κ2) is 3.44. The molecule has 2 rings (SSSR count). The van der Waals surface area contributed by atoms with Crippen molar-refractivity contribution in [2.45, 2.75) is 5.91 Å². The highest BCUT2D eigenvalue weighted by Gasteiger charge is 2.29. The quantitative estimate of drug-likeness (QED) is 0.726. The average Bonchev–Trinajstić information content (AvgIpc) is 2.28. The summed E-state index contributed by atoms with van der Waals surface area (Å²) in [5.41, 5.74) is 2.15. The van der Waals surface area contributed by atoms with Crippen molar-refractivity contribution in [2.24, 2.45) is 0 Å². The maximum Gasteiger partial charge on any atom is 0.270 e. The summed E-state index contributed by atoms with van der Waals surface area (Å²) in [5.74, 6) is -0.825. The molecule has 1 aromatic carbocycles. The number of hydrogen-bond acceptors (Lipinski definition) is 3. The lowest BCUT2D eigenvalue weighted by atomic mass is 10.1. The molecule has 14 heavy (non-hydrogen) atoms. The van der Waals surface area contributed by atoms with E-state index in [0.29, 0.717) is 0 Å². The lowest BCUT2D eigenvalue weighted by Gasteiger charge is -2.32. The minimum atomic E-state index is -0.825. The van der Waals surface area contributed by atoms with Crippen molar-refractivity contribution in [3.8, 4) is 0 Å². The van der Waals surface area contributed by atoms with Gasteiger partial charge in [-0.2, -0.15) is 0 Å². The van der Waals surface area contributed by atoms with Gasteiger partial charge in [0.15, 0.2) is 0 Å². The van der Waals surface area contributed by atoms with Gasteiger partial charge >= 0.3 is 0 Å². The molecule has 0 unspecified atom stereocenters. The Balaban J connectivity index is 2.37. The first-order valence-electron chi connectivity index (χ1n) is 4.46. The van der Waals surface area contributed by atoms with Crippen molar-refractivity contribution in [3.63, 3.8) is 0 Å². The molecule has 0 amide bonds. The highest BCUT2D eigenvalue weighted by Crippen LogP contribution is 2.28. The van der Waals surface area contributed by atoms with Gasteiger partial charge in [-0.1, -0.05) is 18.2 Å². The van der Waals surface area contributed by atoms with Crippen LogP contribution in [0.5, 0.6) is 0 Å². The van der Waals surface area contributed by atoms with Gasteiger partial charge in [-0.25, -0.2) is 0 Å². The summed E-state index contributed by atoms with van der Waals surface area (Å²) in [7, 11) is 3.21. The van der Waals surface area contributed by atoms with Gasteiger partial charge in [0.05, 0.1) is 0 Å². The van der Waals surface area contributed by atoms with E-state index < -0.39 is 5.91 Å². The Morgan fingerprint density at radius 1 is 1.14 bits per heavy atom. The van der Waals surface area contributed by atoms with E-state index in [1.807, 2.05) is 36.4 Å². The number of nitrogens with one attached hydrogen (secondary N) is 1. The Labute approximate surface area is 83.3 Å². The highest BCUT2D eigenvalue weighted by molar-refractivity contribution is 5.71. The summed E-state index contributed by atoms with van der Waals surface area (Å²) in [6, 6.07) is 8.00. The second-order valence-electron chi connectivity index (χ2n) is 3.12. The van der Waals surface area contributed by atoms with Crippen LogP contribution in [-0.2, 0) is 9.47 Å². The minimum Gasteiger partial charge on any atom is -0.333 e. The molecule has 0 saturated heterocycles. The van der Waals surface area contributed by atoms with Crippen molar-refractivity contribution in [1.82, 2.24) is 0 Å². The first-order chi connectivity index (χ1) is 6.79. The van der Waals surface area contributed by atoms with Gasteiger partial charge in [0.25, 0.3) is 5.91 Å². The van der Waals surface area contributed by atoms with Gasteiger partial charge in [0.2, 0.25) is 0 Å². The molecule has 0 spiro atoms. The fourth-order valence-electron chi connectivity index (χ4n) is 1.51. The highest BCUT2D eigenvalue weighted by atomic mass is 16.7. The number of fused-ring (bicyclic) bond motifs is 1. The van der Waals surface area contributed by atoms with Crippen LogP contribution in [0.25, 0.3) is 6.08 Å². The van der Waals surface area contributed by atoms with Crippen LogP contribution < -0.4 is 5.32 Å². The van der Waals surface area contributed by atoms with Crippen molar-refractivity contribution >= 4 is 11.8 Å². The van der Waals surface area contributed by atoms with E-state index in [9.17, 15) is 0 Å². The van der Waals surface area contributed by atoms with Gasteiger partial charge < -0.3 is 14.8 Å². The third-order valence-electron chi connectivity index (χ3n) is 2.36. The van der Waals surface area contributed by atoms with Crippen LogP contribution in [0.4, 0.5) is 5.69 Å². The van der Waals surface area contributed by atoms with E-state index in [2.05, 4.69) is 5.32 Å². The van der Waals surface area contributed by atoms with Gasteiger partial charge in [-0.3, -0.25) is 0 Å². The summed E-state index contributed by atoms with van der Waals surface area (Å²) < 4.78 is 10.5. The molecule has 1 heterocycles. The van der Waals surface area contributed by atoms with Crippen LogP contribution in [0.2, 0.25) is 0 Å². The van der Waals surface area contributed by atoms with Crippen molar-refractivity contribution in [2.75, 3.05) is 19.5 Å². The fourth-order valence-corrected chi connectivity index (χ4v) is 1.51. The van der Waals surface area contributed by atoms with E-state index in [-0.39, 0.29) is 0 Å². The number of methoxy groups -OCH3 is 2. The number of ether oxygens (including phenoxy) is 2. The summed E-state index contributed by atoms with van der Waals surface area (Å²) in [6.45, 7) is 0. The first kappa shape index (κ1) is 9.24. The standard InChI is InChI=1S/C11H13NO2/c1-13-11(14-2)8-7-9-5-3-4-6-10(9)12-11/h3-8,12H,1-2H3. The summed E-state index contributed by atoms with van der Waals surface area (Å²) in [4.78, 5) is 0. The number of anilines is 1. The molecule has 0 atom stereocenters. The predicted molar refractivity (Wildman–Crippen MR) is 55.8 cm³/mol. The average molecular weight is 191 g/mol. The molecule has 0 aromatic heterocycles. The Hall–Kier alpha value is -1.32. The molecule has 1 aliphatic rings. The normalized spacial score (nSPS) is 17.3. The lowest BCUT2D eigenvalue weighted by molar-refractivity contribution is -0.148. The summed E-state index contributed by atoms with van der Waals surface area (Å²) in [5, 5.41) is 3.18.